The molecule has 5 amide bonds. The maximum Gasteiger partial charge on any atom is 0.434 e. The smallest absolute Gasteiger partial charge is 0.434 e. The molecule has 2 aliphatic heterocycles. The van der Waals surface area contributed by atoms with E-state index in [1.165, 1.54) is 42.4 Å². The molecule has 5 heterocycles. The highest BCUT2D eigenvalue weighted by atomic mass is 19.4. The summed E-state index contributed by atoms with van der Waals surface area (Å²) in [6.07, 6.45) is 1.06. The van der Waals surface area contributed by atoms with Gasteiger partial charge in [-0.05, 0) is 56.9 Å². The Morgan fingerprint density at radius 2 is 1.73 bits per heavy atom. The summed E-state index contributed by atoms with van der Waals surface area (Å²) < 4.78 is 47.9. The molecule has 1 unspecified atom stereocenters. The van der Waals surface area contributed by atoms with Crippen LogP contribution in [0.5, 0.6) is 5.88 Å². The molecule has 19 heteroatoms. The Hall–Kier alpha value is -7.05. The van der Waals surface area contributed by atoms with Gasteiger partial charge in [-0.2, -0.15) is 13.2 Å². The van der Waals surface area contributed by atoms with Crippen molar-refractivity contribution >= 4 is 41.0 Å². The highest BCUT2D eigenvalue weighted by molar-refractivity contribution is 6.26. The quantitative estimate of drug-likeness (QED) is 0.154. The number of hydrogen-bond acceptors (Lipinski definition) is 12. The number of alkyl halides is 3. The van der Waals surface area contributed by atoms with Crippen LogP contribution in [0.15, 0.2) is 67.3 Å². The third-order valence-corrected chi connectivity index (χ3v) is 10.4. The van der Waals surface area contributed by atoms with E-state index in [-0.39, 0.29) is 72.2 Å². The number of imide groups is 2. The average Bonchev–Trinajstić information content (AvgIpc) is 3.91. The van der Waals surface area contributed by atoms with Crippen LogP contribution in [0.2, 0.25) is 0 Å². The first-order valence-corrected chi connectivity index (χ1v) is 19.1. The Labute approximate surface area is 340 Å². The molecule has 60 heavy (non-hydrogen) atoms. The zero-order chi connectivity index (χ0) is 42.5. The number of carbonyl (C=O) groups excluding carboxylic acids is 5. The SMILES string of the molecule is COc1ncnc(C2CC2)c1-c1nccc(N(CC(=O)Nc2cccc3c2C(=O)N(C2CCC(=O)NC2=O)C3=O)Cc2ccc(-c3nc(C(F)(F)F)cn3C(C)C)cc2)n1. The predicted molar refractivity (Wildman–Crippen MR) is 207 cm³/mol. The summed E-state index contributed by atoms with van der Waals surface area (Å²) in [5.74, 6) is -2.22. The van der Waals surface area contributed by atoms with Crippen molar-refractivity contribution in [3.63, 3.8) is 0 Å². The number of aromatic nitrogens is 6. The van der Waals surface area contributed by atoms with E-state index in [0.717, 1.165) is 29.6 Å². The van der Waals surface area contributed by atoms with Gasteiger partial charge in [0, 0.05) is 42.9 Å². The number of rotatable bonds is 12. The molecule has 3 aliphatic rings. The van der Waals surface area contributed by atoms with Crippen molar-refractivity contribution in [1.82, 2.24) is 39.7 Å². The summed E-state index contributed by atoms with van der Waals surface area (Å²) in [7, 11) is 1.48. The molecule has 0 spiro atoms. The maximum atomic E-state index is 14.0. The van der Waals surface area contributed by atoms with Crippen LogP contribution in [-0.4, -0.2) is 83.6 Å². The molecule has 1 saturated carbocycles. The Bertz CT molecular complexity index is 2550. The van der Waals surface area contributed by atoms with Crippen LogP contribution in [0.25, 0.3) is 22.8 Å². The lowest BCUT2D eigenvalue weighted by Crippen LogP contribution is -2.54. The number of nitrogens with zero attached hydrogens (tertiary/aromatic N) is 8. The third kappa shape index (κ3) is 7.64. The van der Waals surface area contributed by atoms with Gasteiger partial charge in [-0.15, -0.1) is 0 Å². The summed E-state index contributed by atoms with van der Waals surface area (Å²) in [5.41, 5.74) is 1.29. The minimum atomic E-state index is -4.63. The van der Waals surface area contributed by atoms with E-state index in [4.69, 9.17) is 9.72 Å². The Kier molecular flexibility index (Phi) is 10.3. The van der Waals surface area contributed by atoms with Crippen LogP contribution in [0.3, 0.4) is 0 Å². The molecule has 1 aliphatic carbocycles. The van der Waals surface area contributed by atoms with Gasteiger partial charge >= 0.3 is 6.18 Å². The highest BCUT2D eigenvalue weighted by Crippen LogP contribution is 2.45. The van der Waals surface area contributed by atoms with Gasteiger partial charge in [-0.1, -0.05) is 30.3 Å². The lowest BCUT2D eigenvalue weighted by molar-refractivity contribution is -0.141. The number of nitrogens with one attached hydrogen (secondary N) is 2. The van der Waals surface area contributed by atoms with Gasteiger partial charge in [0.15, 0.2) is 11.5 Å². The molecule has 8 rings (SSSR count). The van der Waals surface area contributed by atoms with Crippen molar-refractivity contribution in [2.75, 3.05) is 23.9 Å². The topological polar surface area (TPSA) is 194 Å². The molecule has 5 aromatic rings. The van der Waals surface area contributed by atoms with Crippen LogP contribution in [0.1, 0.15) is 89.2 Å². The van der Waals surface area contributed by atoms with E-state index in [1.54, 1.807) is 49.1 Å². The third-order valence-electron chi connectivity index (χ3n) is 10.4. The zero-order valence-electron chi connectivity index (χ0n) is 32.5. The second-order valence-electron chi connectivity index (χ2n) is 14.9. The first-order valence-electron chi connectivity index (χ1n) is 19.1. The number of anilines is 2. The molecule has 0 bridgehead atoms. The van der Waals surface area contributed by atoms with Crippen molar-refractivity contribution < 1.29 is 41.9 Å². The van der Waals surface area contributed by atoms with Gasteiger partial charge < -0.3 is 19.5 Å². The van der Waals surface area contributed by atoms with Crippen molar-refractivity contribution in [2.24, 2.45) is 0 Å². The van der Waals surface area contributed by atoms with Crippen molar-refractivity contribution in [1.29, 1.82) is 0 Å². The molecular formula is C41H37F3N10O6. The number of halogens is 3. The molecule has 1 saturated heterocycles. The summed E-state index contributed by atoms with van der Waals surface area (Å²) in [6.45, 7) is 3.25. The number of ether oxygens (including phenoxy) is 1. The average molecular weight is 823 g/mol. The number of methoxy groups -OCH3 is 1. The largest absolute Gasteiger partial charge is 0.480 e. The Morgan fingerprint density at radius 1 is 0.967 bits per heavy atom. The lowest BCUT2D eigenvalue weighted by Gasteiger charge is -2.27. The summed E-state index contributed by atoms with van der Waals surface area (Å²) in [5, 5.41) is 4.92. The molecule has 16 nitrogen and oxygen atoms in total. The minimum Gasteiger partial charge on any atom is -0.480 e. The molecule has 308 valence electrons. The van der Waals surface area contributed by atoms with E-state index in [9.17, 15) is 37.1 Å². The molecule has 0 radical (unpaired) electrons. The number of hydrogen-bond donors (Lipinski definition) is 2. The Balaban J connectivity index is 1.11. The first kappa shape index (κ1) is 39.8. The van der Waals surface area contributed by atoms with Gasteiger partial charge in [0.2, 0.25) is 23.6 Å². The zero-order valence-corrected chi connectivity index (χ0v) is 32.5. The van der Waals surface area contributed by atoms with E-state index in [2.05, 4.69) is 30.6 Å². The number of benzene rings is 2. The van der Waals surface area contributed by atoms with Gasteiger partial charge in [0.25, 0.3) is 11.8 Å². The fourth-order valence-electron chi connectivity index (χ4n) is 7.38. The van der Waals surface area contributed by atoms with E-state index in [1.807, 2.05) is 0 Å². The fraction of sp³-hybridized carbons (Fsp3) is 0.317. The number of imidazole rings is 1. The first-order chi connectivity index (χ1) is 28.7. The van der Waals surface area contributed by atoms with Crippen LogP contribution >= 0.6 is 0 Å². The van der Waals surface area contributed by atoms with Crippen LogP contribution < -0.4 is 20.3 Å². The lowest BCUT2D eigenvalue weighted by atomic mass is 10.0. The summed E-state index contributed by atoms with van der Waals surface area (Å²) in [4.78, 5) is 90.1. The molecule has 1 atom stereocenters. The van der Waals surface area contributed by atoms with Crippen LogP contribution in [0, 0.1) is 0 Å². The number of carbonyl (C=O) groups is 5. The van der Waals surface area contributed by atoms with E-state index < -0.39 is 47.4 Å². The molecule has 2 aromatic carbocycles. The second-order valence-corrected chi connectivity index (χ2v) is 14.9. The van der Waals surface area contributed by atoms with E-state index in [0.29, 0.717) is 22.5 Å². The highest BCUT2D eigenvalue weighted by Gasteiger charge is 2.46. The standard InChI is InChI=1S/C41H37F3N10O6/c1-21(2)53-18-28(41(42,43)44)49-36(53)24-9-7-22(8-10-24)17-52(29-15-16-45-35(50-29)33-34(23-11-12-23)46-20-47-38(33)60-3)19-31(56)48-26-6-4-5-25-32(26)40(59)54(39(25)58)27-13-14-30(55)51-37(27)57/h4-10,15-16,18,20-21,23,27H,11-14,17,19H2,1-3H3,(H,48,56)(H,51,55,57). The molecular weight excluding hydrogens is 786 g/mol. The van der Waals surface area contributed by atoms with Crippen molar-refractivity contribution in [3.05, 3.63) is 95.3 Å². The van der Waals surface area contributed by atoms with Gasteiger partial charge in [0.1, 0.15) is 29.6 Å². The second kappa shape index (κ2) is 15.6. The maximum absolute atomic E-state index is 14.0. The van der Waals surface area contributed by atoms with Gasteiger partial charge in [-0.25, -0.2) is 24.9 Å². The van der Waals surface area contributed by atoms with Crippen LogP contribution in [-0.2, 0) is 27.1 Å². The summed E-state index contributed by atoms with van der Waals surface area (Å²) >= 11 is 0. The minimum absolute atomic E-state index is 0.00848. The fourth-order valence-corrected chi connectivity index (χ4v) is 7.38. The Morgan fingerprint density at radius 3 is 2.42 bits per heavy atom. The van der Waals surface area contributed by atoms with Crippen molar-refractivity contribution in [2.45, 2.75) is 70.3 Å². The number of amides is 5. The number of piperidine rings is 1. The van der Waals surface area contributed by atoms with Crippen molar-refractivity contribution in [3.8, 4) is 28.7 Å². The normalized spacial score (nSPS) is 16.6. The number of fused-ring (bicyclic) bond motifs is 1. The van der Waals surface area contributed by atoms with Gasteiger partial charge in [0.05, 0.1) is 36.2 Å². The van der Waals surface area contributed by atoms with Gasteiger partial charge in [-0.3, -0.25) is 34.2 Å². The molecule has 2 N–H and O–H groups in total. The molecule has 2 fully saturated rings. The van der Waals surface area contributed by atoms with Crippen LogP contribution in [0.4, 0.5) is 24.7 Å². The molecule has 3 aromatic heterocycles. The van der Waals surface area contributed by atoms with E-state index >= 15 is 0 Å². The monoisotopic (exact) mass is 822 g/mol. The summed E-state index contributed by atoms with van der Waals surface area (Å²) in [6, 6.07) is 11.2. The predicted octanol–water partition coefficient (Wildman–Crippen LogP) is 5.33.